The maximum atomic E-state index is 12.8. The van der Waals surface area contributed by atoms with Crippen LogP contribution in [0.25, 0.3) is 0 Å². The molecule has 0 bridgehead atoms. The SMILES string of the molecule is CC(C)Oc1ccc(CNC(=O)C[C@H](c2ccccc2)c2cc(Br)ccc2O)cc1. The van der Waals surface area contributed by atoms with Gasteiger partial charge in [0.2, 0.25) is 5.91 Å². The Bertz CT molecular complexity index is 971. The van der Waals surface area contributed by atoms with Gasteiger partial charge in [-0.25, -0.2) is 0 Å². The average Bonchev–Trinajstić information content (AvgIpc) is 2.73. The highest BCUT2D eigenvalue weighted by atomic mass is 79.9. The molecule has 0 heterocycles. The molecule has 5 heteroatoms. The Kier molecular flexibility index (Phi) is 7.52. The number of amides is 1. The predicted octanol–water partition coefficient (Wildman–Crippen LogP) is 5.78. The van der Waals surface area contributed by atoms with Gasteiger partial charge in [-0.1, -0.05) is 58.4 Å². The highest BCUT2D eigenvalue weighted by Gasteiger charge is 2.21. The molecule has 156 valence electrons. The molecule has 0 unspecified atom stereocenters. The molecule has 3 aromatic carbocycles. The highest BCUT2D eigenvalue weighted by molar-refractivity contribution is 9.10. The van der Waals surface area contributed by atoms with E-state index in [-0.39, 0.29) is 30.1 Å². The number of aromatic hydroxyl groups is 1. The van der Waals surface area contributed by atoms with Crippen LogP contribution in [-0.2, 0) is 11.3 Å². The lowest BCUT2D eigenvalue weighted by Gasteiger charge is -2.19. The fraction of sp³-hybridized carbons (Fsp3) is 0.240. The standard InChI is InChI=1S/C25H26BrNO3/c1-17(2)30-21-11-8-18(9-12-21)16-27-25(29)15-22(19-6-4-3-5-7-19)23-14-20(26)10-13-24(23)28/h3-14,17,22,28H,15-16H2,1-2H3,(H,27,29)/t22-/m1/s1. The third-order valence-electron chi connectivity index (χ3n) is 4.74. The zero-order chi connectivity index (χ0) is 21.5. The molecule has 0 fully saturated rings. The number of phenols is 1. The zero-order valence-corrected chi connectivity index (χ0v) is 18.7. The Labute approximate surface area is 186 Å². The van der Waals surface area contributed by atoms with Gasteiger partial charge in [0.25, 0.3) is 0 Å². The summed E-state index contributed by atoms with van der Waals surface area (Å²) in [6.07, 6.45) is 0.364. The molecule has 0 aliphatic carbocycles. The summed E-state index contributed by atoms with van der Waals surface area (Å²) >= 11 is 3.46. The maximum absolute atomic E-state index is 12.8. The molecule has 0 saturated heterocycles. The van der Waals surface area contributed by atoms with Gasteiger partial charge in [0, 0.05) is 28.9 Å². The molecule has 1 amide bonds. The van der Waals surface area contributed by atoms with Gasteiger partial charge >= 0.3 is 0 Å². The van der Waals surface area contributed by atoms with Crippen molar-refractivity contribution in [2.75, 3.05) is 0 Å². The number of hydrogen-bond acceptors (Lipinski definition) is 3. The first-order valence-electron chi connectivity index (χ1n) is 9.98. The first-order chi connectivity index (χ1) is 14.4. The Morgan fingerprint density at radius 1 is 1.03 bits per heavy atom. The van der Waals surface area contributed by atoms with Crippen LogP contribution in [0.4, 0.5) is 0 Å². The highest BCUT2D eigenvalue weighted by Crippen LogP contribution is 2.35. The number of hydrogen-bond donors (Lipinski definition) is 2. The first kappa shape index (κ1) is 21.9. The van der Waals surface area contributed by atoms with Gasteiger partial charge in [-0.3, -0.25) is 4.79 Å². The molecule has 0 aliphatic heterocycles. The van der Waals surface area contributed by atoms with E-state index < -0.39 is 0 Å². The molecular weight excluding hydrogens is 442 g/mol. The quantitative estimate of drug-likeness (QED) is 0.441. The van der Waals surface area contributed by atoms with Crippen LogP contribution in [0.2, 0.25) is 0 Å². The molecule has 4 nitrogen and oxygen atoms in total. The molecule has 0 aromatic heterocycles. The topological polar surface area (TPSA) is 58.6 Å². The van der Waals surface area contributed by atoms with E-state index in [0.717, 1.165) is 26.9 Å². The molecule has 0 radical (unpaired) electrons. The lowest BCUT2D eigenvalue weighted by atomic mass is 9.87. The Morgan fingerprint density at radius 2 is 1.73 bits per heavy atom. The second-order valence-electron chi connectivity index (χ2n) is 7.46. The van der Waals surface area contributed by atoms with Gasteiger partial charge in [0.15, 0.2) is 0 Å². The molecule has 1 atom stereocenters. The minimum atomic E-state index is -0.245. The lowest BCUT2D eigenvalue weighted by molar-refractivity contribution is -0.121. The average molecular weight is 468 g/mol. The minimum absolute atomic E-state index is 0.0780. The molecule has 3 rings (SSSR count). The summed E-state index contributed by atoms with van der Waals surface area (Å²) in [6.45, 7) is 4.41. The van der Waals surface area contributed by atoms with Crippen LogP contribution >= 0.6 is 15.9 Å². The first-order valence-corrected chi connectivity index (χ1v) is 10.8. The minimum Gasteiger partial charge on any atom is -0.508 e. The van der Waals surface area contributed by atoms with Gasteiger partial charge < -0.3 is 15.2 Å². The molecule has 0 aliphatic rings. The second-order valence-corrected chi connectivity index (χ2v) is 8.37. The van der Waals surface area contributed by atoms with E-state index in [1.807, 2.05) is 74.5 Å². The number of benzene rings is 3. The maximum Gasteiger partial charge on any atom is 0.221 e. The second kappa shape index (κ2) is 10.3. The van der Waals surface area contributed by atoms with Gasteiger partial charge in [-0.15, -0.1) is 0 Å². The largest absolute Gasteiger partial charge is 0.508 e. The van der Waals surface area contributed by atoms with Crippen LogP contribution in [0.3, 0.4) is 0 Å². The summed E-state index contributed by atoms with van der Waals surface area (Å²) < 4.78 is 6.51. The van der Waals surface area contributed by atoms with Crippen molar-refractivity contribution in [3.63, 3.8) is 0 Å². The van der Waals surface area contributed by atoms with Crippen molar-refractivity contribution < 1.29 is 14.6 Å². The smallest absolute Gasteiger partial charge is 0.221 e. The summed E-state index contributed by atoms with van der Waals surface area (Å²) in [5.74, 6) is 0.672. The van der Waals surface area contributed by atoms with Crippen molar-refractivity contribution >= 4 is 21.8 Å². The normalized spacial score (nSPS) is 11.9. The van der Waals surface area contributed by atoms with Crippen molar-refractivity contribution in [3.8, 4) is 11.5 Å². The van der Waals surface area contributed by atoms with Crippen LogP contribution < -0.4 is 10.1 Å². The lowest BCUT2D eigenvalue weighted by Crippen LogP contribution is -2.25. The summed E-state index contributed by atoms with van der Waals surface area (Å²) in [5, 5.41) is 13.4. The van der Waals surface area contributed by atoms with E-state index in [4.69, 9.17) is 4.74 Å². The van der Waals surface area contributed by atoms with E-state index in [1.54, 1.807) is 12.1 Å². The van der Waals surface area contributed by atoms with Crippen LogP contribution in [0, 0.1) is 0 Å². The summed E-state index contributed by atoms with van der Waals surface area (Å²) in [4.78, 5) is 12.8. The summed E-state index contributed by atoms with van der Waals surface area (Å²) in [7, 11) is 0. The summed E-state index contributed by atoms with van der Waals surface area (Å²) in [6, 6.07) is 22.8. The van der Waals surface area contributed by atoms with Crippen molar-refractivity contribution in [2.45, 2.75) is 38.8 Å². The number of halogens is 1. The molecule has 0 saturated carbocycles. The van der Waals surface area contributed by atoms with Gasteiger partial charge in [0.1, 0.15) is 11.5 Å². The number of nitrogens with one attached hydrogen (secondary N) is 1. The zero-order valence-electron chi connectivity index (χ0n) is 17.1. The number of carbonyl (C=O) groups is 1. The third-order valence-corrected chi connectivity index (χ3v) is 5.23. The predicted molar refractivity (Wildman–Crippen MR) is 123 cm³/mol. The van der Waals surface area contributed by atoms with Gasteiger partial charge in [0.05, 0.1) is 6.10 Å². The summed E-state index contributed by atoms with van der Waals surface area (Å²) in [5.41, 5.74) is 2.71. The Morgan fingerprint density at radius 3 is 2.40 bits per heavy atom. The van der Waals surface area contributed by atoms with Gasteiger partial charge in [-0.05, 0) is 55.3 Å². The molecule has 30 heavy (non-hydrogen) atoms. The van der Waals surface area contributed by atoms with E-state index in [2.05, 4.69) is 21.2 Å². The van der Waals surface area contributed by atoms with Crippen LogP contribution in [-0.4, -0.2) is 17.1 Å². The molecule has 2 N–H and O–H groups in total. The van der Waals surface area contributed by atoms with E-state index in [9.17, 15) is 9.90 Å². The van der Waals surface area contributed by atoms with E-state index in [1.165, 1.54) is 0 Å². The number of ether oxygens (including phenoxy) is 1. The van der Waals surface area contributed by atoms with Crippen molar-refractivity contribution in [1.29, 1.82) is 0 Å². The number of phenolic OH excluding ortho intramolecular Hbond substituents is 1. The van der Waals surface area contributed by atoms with E-state index in [0.29, 0.717) is 6.54 Å². The van der Waals surface area contributed by atoms with Gasteiger partial charge in [-0.2, -0.15) is 0 Å². The van der Waals surface area contributed by atoms with Crippen LogP contribution in [0.5, 0.6) is 11.5 Å². The van der Waals surface area contributed by atoms with Crippen LogP contribution in [0.1, 0.15) is 42.9 Å². The fourth-order valence-electron chi connectivity index (χ4n) is 3.31. The molecular formula is C25H26BrNO3. The van der Waals surface area contributed by atoms with E-state index >= 15 is 0 Å². The van der Waals surface area contributed by atoms with Crippen LogP contribution in [0.15, 0.2) is 77.3 Å². The van der Waals surface area contributed by atoms with Crippen molar-refractivity contribution in [2.24, 2.45) is 0 Å². The Hall–Kier alpha value is -2.79. The Balaban J connectivity index is 1.70. The fourth-order valence-corrected chi connectivity index (χ4v) is 3.69. The monoisotopic (exact) mass is 467 g/mol. The van der Waals surface area contributed by atoms with Crippen molar-refractivity contribution in [1.82, 2.24) is 5.32 Å². The third kappa shape index (κ3) is 6.10. The molecule has 0 spiro atoms. The van der Waals surface area contributed by atoms with Crippen molar-refractivity contribution in [3.05, 3.63) is 94.0 Å². The number of rotatable bonds is 8. The molecule has 3 aromatic rings. The number of carbonyl (C=O) groups excluding carboxylic acids is 1.